The number of aromatic nitrogens is 1. The minimum atomic E-state index is -4.50. The summed E-state index contributed by atoms with van der Waals surface area (Å²) in [5, 5.41) is 5.43. The highest BCUT2D eigenvalue weighted by Crippen LogP contribution is 2.38. The highest BCUT2D eigenvalue weighted by Gasteiger charge is 2.31. The average Bonchev–Trinajstić information content (AvgIpc) is 3.40. The summed E-state index contributed by atoms with van der Waals surface area (Å²) in [6, 6.07) is 12.2. The molecular formula is C25H23F3N3O2S2+. The lowest BCUT2D eigenvalue weighted by atomic mass is 10.0. The first-order chi connectivity index (χ1) is 16.4. The second-order valence-electron chi connectivity index (χ2n) is 9.13. The van der Waals surface area contributed by atoms with E-state index >= 15 is 0 Å². The molecule has 3 aromatic heterocycles. The number of ketones is 1. The monoisotopic (exact) mass is 518 g/mol. The smallest absolute Gasteiger partial charge is 0.323 e. The van der Waals surface area contributed by atoms with E-state index in [-0.39, 0.29) is 35.1 Å². The number of pyridine rings is 1. The van der Waals surface area contributed by atoms with Gasteiger partial charge in [-0.1, -0.05) is 24.3 Å². The van der Waals surface area contributed by atoms with Gasteiger partial charge in [-0.05, 0) is 35.2 Å². The standard InChI is InChI=1S/C25H22F3N3O2S2/c1-31(2,3)14-21(33)30-22-17-9-10-18(20-8-5-11-34-20)29-24(17)35-23(22)19(32)13-15-6-4-7-16(12-15)25(26,27)28/h4-12H,13-14H2,1-3H3/p+1. The Balaban J connectivity index is 1.73. The Kier molecular flexibility index (Phi) is 6.81. The zero-order chi connectivity index (χ0) is 25.4. The molecule has 0 aliphatic carbocycles. The van der Waals surface area contributed by atoms with Crippen LogP contribution in [-0.4, -0.2) is 48.8 Å². The zero-order valence-corrected chi connectivity index (χ0v) is 20.9. The van der Waals surface area contributed by atoms with Crippen LogP contribution in [-0.2, 0) is 17.4 Å². The predicted molar refractivity (Wildman–Crippen MR) is 134 cm³/mol. The number of fused-ring (bicyclic) bond motifs is 1. The minimum Gasteiger partial charge on any atom is -0.323 e. The lowest BCUT2D eigenvalue weighted by Gasteiger charge is -2.22. The van der Waals surface area contributed by atoms with Crippen molar-refractivity contribution < 1.29 is 27.2 Å². The zero-order valence-electron chi connectivity index (χ0n) is 19.3. The summed E-state index contributed by atoms with van der Waals surface area (Å²) in [7, 11) is 5.62. The van der Waals surface area contributed by atoms with Crippen molar-refractivity contribution in [3.8, 4) is 10.6 Å². The van der Waals surface area contributed by atoms with E-state index < -0.39 is 11.7 Å². The Bertz CT molecular complexity index is 1390. The Labute approximate surface area is 208 Å². The number of nitrogens with zero attached hydrogens (tertiary/aromatic N) is 2. The second kappa shape index (κ2) is 9.52. The maximum Gasteiger partial charge on any atom is 0.416 e. The van der Waals surface area contributed by atoms with Crippen molar-refractivity contribution in [2.45, 2.75) is 12.6 Å². The van der Waals surface area contributed by atoms with Gasteiger partial charge in [0.2, 0.25) is 0 Å². The Morgan fingerprint density at radius 2 is 1.83 bits per heavy atom. The molecule has 0 saturated heterocycles. The van der Waals surface area contributed by atoms with Gasteiger partial charge in [0.1, 0.15) is 4.83 Å². The lowest BCUT2D eigenvalue weighted by molar-refractivity contribution is -0.861. The topological polar surface area (TPSA) is 59.1 Å². The number of anilines is 1. The number of carbonyl (C=O) groups excluding carboxylic acids is 2. The third-order valence-corrected chi connectivity index (χ3v) is 7.12. The molecule has 1 aromatic carbocycles. The fourth-order valence-corrected chi connectivity index (χ4v) is 5.36. The van der Waals surface area contributed by atoms with E-state index in [0.29, 0.717) is 20.4 Å². The first kappa shape index (κ1) is 25.0. The summed E-state index contributed by atoms with van der Waals surface area (Å²) in [6.07, 6.45) is -4.73. The number of thiophene rings is 2. The van der Waals surface area contributed by atoms with Gasteiger partial charge in [0, 0.05) is 11.8 Å². The molecule has 0 fully saturated rings. The van der Waals surface area contributed by atoms with E-state index in [1.165, 1.54) is 23.5 Å². The number of alkyl halides is 3. The molecule has 0 spiro atoms. The molecule has 4 aromatic rings. The number of benzene rings is 1. The first-order valence-electron chi connectivity index (χ1n) is 10.7. The van der Waals surface area contributed by atoms with Crippen LogP contribution >= 0.6 is 22.7 Å². The Morgan fingerprint density at radius 1 is 1.06 bits per heavy atom. The van der Waals surface area contributed by atoms with Gasteiger partial charge < -0.3 is 9.80 Å². The molecule has 0 radical (unpaired) electrons. The normalized spacial score (nSPS) is 12.2. The number of carbonyl (C=O) groups is 2. The number of likely N-dealkylation sites (N-methyl/N-ethyl adjacent to an activating group) is 1. The van der Waals surface area contributed by atoms with Crippen molar-refractivity contribution in [3.63, 3.8) is 0 Å². The molecule has 1 amide bonds. The van der Waals surface area contributed by atoms with Crippen molar-refractivity contribution in [3.05, 3.63) is 69.9 Å². The molecule has 0 aliphatic rings. The Morgan fingerprint density at radius 3 is 2.49 bits per heavy atom. The number of quaternary nitrogens is 1. The molecule has 35 heavy (non-hydrogen) atoms. The van der Waals surface area contributed by atoms with Crippen LogP contribution in [0.2, 0.25) is 0 Å². The molecule has 5 nitrogen and oxygen atoms in total. The fourth-order valence-electron chi connectivity index (χ4n) is 3.59. The van der Waals surface area contributed by atoms with Gasteiger partial charge in [-0.2, -0.15) is 13.2 Å². The summed E-state index contributed by atoms with van der Waals surface area (Å²) in [4.78, 5) is 32.5. The van der Waals surface area contributed by atoms with Crippen LogP contribution in [0.3, 0.4) is 0 Å². The van der Waals surface area contributed by atoms with Crippen molar-refractivity contribution >= 4 is 50.3 Å². The van der Waals surface area contributed by atoms with Crippen LogP contribution in [0.1, 0.15) is 20.8 Å². The van der Waals surface area contributed by atoms with Crippen LogP contribution in [0.5, 0.6) is 0 Å². The number of hydrogen-bond acceptors (Lipinski definition) is 5. The van der Waals surface area contributed by atoms with Crippen LogP contribution in [0.4, 0.5) is 18.9 Å². The summed E-state index contributed by atoms with van der Waals surface area (Å²) < 4.78 is 39.8. The molecule has 1 N–H and O–H groups in total. The SMILES string of the molecule is C[N+](C)(C)CC(=O)Nc1c(C(=O)Cc2cccc(C(F)(F)F)c2)sc2nc(-c3cccs3)ccc12. The van der Waals surface area contributed by atoms with Crippen molar-refractivity contribution in [2.75, 3.05) is 33.0 Å². The molecule has 10 heteroatoms. The predicted octanol–water partition coefficient (Wildman–Crippen LogP) is 6.11. The van der Waals surface area contributed by atoms with Gasteiger partial charge in [-0.25, -0.2) is 4.98 Å². The number of Topliss-reactive ketones (excluding diaryl/α,β-unsaturated/α-hetero) is 1. The first-order valence-corrected chi connectivity index (χ1v) is 12.4. The van der Waals surface area contributed by atoms with Crippen molar-refractivity contribution in [2.24, 2.45) is 0 Å². The van der Waals surface area contributed by atoms with Crippen LogP contribution in [0, 0.1) is 0 Å². The molecule has 0 bridgehead atoms. The Hall–Kier alpha value is -3.08. The minimum absolute atomic E-state index is 0.180. The van der Waals surface area contributed by atoms with Crippen LogP contribution < -0.4 is 5.32 Å². The summed E-state index contributed by atoms with van der Waals surface area (Å²) in [6.45, 7) is 0.180. The van der Waals surface area contributed by atoms with E-state index in [4.69, 9.17) is 0 Å². The third-order valence-electron chi connectivity index (χ3n) is 5.08. The number of halogens is 3. The summed E-state index contributed by atoms with van der Waals surface area (Å²) in [5.41, 5.74) is 0.538. The summed E-state index contributed by atoms with van der Waals surface area (Å²) in [5.74, 6) is -0.654. The van der Waals surface area contributed by atoms with Gasteiger partial charge in [-0.15, -0.1) is 22.7 Å². The van der Waals surface area contributed by atoms with E-state index in [1.807, 2.05) is 50.8 Å². The molecule has 0 unspecified atom stereocenters. The van der Waals surface area contributed by atoms with Gasteiger partial charge in [-0.3, -0.25) is 9.59 Å². The van der Waals surface area contributed by atoms with Gasteiger partial charge in [0.15, 0.2) is 12.3 Å². The molecule has 0 saturated carbocycles. The maximum atomic E-state index is 13.3. The van der Waals surface area contributed by atoms with Crippen LogP contribution in [0.25, 0.3) is 20.8 Å². The molecule has 4 rings (SSSR count). The van der Waals surface area contributed by atoms with Crippen LogP contribution in [0.15, 0.2) is 53.9 Å². The molecule has 3 heterocycles. The number of rotatable bonds is 7. The molecule has 182 valence electrons. The van der Waals surface area contributed by atoms with E-state index in [1.54, 1.807) is 0 Å². The summed E-state index contributed by atoms with van der Waals surface area (Å²) >= 11 is 2.67. The average molecular weight is 519 g/mol. The lowest BCUT2D eigenvalue weighted by Crippen LogP contribution is -2.41. The number of nitrogens with one attached hydrogen (secondary N) is 1. The van der Waals surface area contributed by atoms with Crippen molar-refractivity contribution in [1.29, 1.82) is 0 Å². The molecular weight excluding hydrogens is 495 g/mol. The maximum absolute atomic E-state index is 13.3. The highest BCUT2D eigenvalue weighted by atomic mass is 32.1. The molecule has 0 atom stereocenters. The van der Waals surface area contributed by atoms with E-state index in [0.717, 1.165) is 34.0 Å². The highest BCUT2D eigenvalue weighted by molar-refractivity contribution is 7.21. The fraction of sp³-hybridized carbons (Fsp3) is 0.240. The quantitative estimate of drug-likeness (QED) is 0.237. The number of amides is 1. The molecule has 0 aliphatic heterocycles. The van der Waals surface area contributed by atoms with Gasteiger partial charge in [0.25, 0.3) is 5.91 Å². The van der Waals surface area contributed by atoms with Crippen molar-refractivity contribution in [1.82, 2.24) is 4.98 Å². The van der Waals surface area contributed by atoms with Gasteiger partial charge >= 0.3 is 6.18 Å². The van der Waals surface area contributed by atoms with E-state index in [9.17, 15) is 22.8 Å². The van der Waals surface area contributed by atoms with Gasteiger partial charge in [0.05, 0.1) is 47.8 Å². The second-order valence-corrected chi connectivity index (χ2v) is 11.1. The number of hydrogen-bond donors (Lipinski definition) is 1. The largest absolute Gasteiger partial charge is 0.416 e. The third kappa shape index (κ3) is 5.95. The van der Waals surface area contributed by atoms with E-state index in [2.05, 4.69) is 10.3 Å².